The predicted molar refractivity (Wildman–Crippen MR) is 196 cm³/mol. The van der Waals surface area contributed by atoms with Gasteiger partial charge in [-0.05, 0) is 50.7 Å². The van der Waals surface area contributed by atoms with Crippen LogP contribution in [-0.2, 0) is 29.2 Å². The lowest BCUT2D eigenvalue weighted by atomic mass is 10.0. The Labute approximate surface area is 309 Å². The van der Waals surface area contributed by atoms with Gasteiger partial charge in [-0.15, -0.1) is 11.3 Å². The van der Waals surface area contributed by atoms with Gasteiger partial charge in [-0.25, -0.2) is 18.4 Å². The first-order valence-corrected chi connectivity index (χ1v) is 20.5. The Kier molecular flexibility index (Phi) is 9.21. The zero-order chi connectivity index (χ0) is 36.9. The highest BCUT2D eigenvalue weighted by Crippen LogP contribution is 2.46. The highest BCUT2D eigenvalue weighted by atomic mass is 32.2. The molecule has 4 aromatic rings. The summed E-state index contributed by atoms with van der Waals surface area (Å²) < 4.78 is 40.7. The highest BCUT2D eigenvalue weighted by Gasteiger charge is 2.62. The summed E-state index contributed by atoms with van der Waals surface area (Å²) in [6.07, 6.45) is 9.42. The van der Waals surface area contributed by atoms with E-state index >= 15 is 0 Å². The van der Waals surface area contributed by atoms with E-state index in [4.69, 9.17) is 14.1 Å². The van der Waals surface area contributed by atoms with Crippen LogP contribution in [0.2, 0.25) is 0 Å². The first-order chi connectivity index (χ1) is 25.5. The van der Waals surface area contributed by atoms with Gasteiger partial charge in [0, 0.05) is 42.3 Å². The molecule has 0 unspecified atom stereocenters. The lowest BCUT2D eigenvalue weighted by molar-refractivity contribution is -0.142. The number of rotatable bonds is 7. The third-order valence-electron chi connectivity index (χ3n) is 10.5. The first-order valence-electron chi connectivity index (χ1n) is 18.0. The van der Waals surface area contributed by atoms with E-state index in [-0.39, 0.29) is 25.3 Å². The first kappa shape index (κ1) is 35.2. The van der Waals surface area contributed by atoms with Gasteiger partial charge in [-0.1, -0.05) is 37.1 Å². The van der Waals surface area contributed by atoms with Crippen molar-refractivity contribution in [3.63, 3.8) is 0 Å². The normalized spacial score (nSPS) is 27.2. The smallest absolute Gasteiger partial charge is 0.259 e. The molecule has 3 N–H and O–H groups in total. The van der Waals surface area contributed by atoms with Crippen LogP contribution in [0.15, 0.2) is 58.5 Å². The zero-order valence-corrected chi connectivity index (χ0v) is 30.7. The average Bonchev–Trinajstić information content (AvgIpc) is 3.92. The molecule has 0 bridgehead atoms. The number of hydrogen-bond acceptors (Lipinski definition) is 11. The number of nitrogens with one attached hydrogen (secondary N) is 3. The summed E-state index contributed by atoms with van der Waals surface area (Å²) in [5.41, 5.74) is 0.682. The maximum Gasteiger partial charge on any atom is 0.259 e. The number of ether oxygens (including phenoxy) is 1. The molecule has 8 rings (SSSR count). The van der Waals surface area contributed by atoms with Crippen molar-refractivity contribution >= 4 is 67.1 Å². The van der Waals surface area contributed by atoms with Gasteiger partial charge in [0.1, 0.15) is 45.5 Å². The van der Waals surface area contributed by atoms with E-state index in [1.165, 1.54) is 23.2 Å². The SMILES string of the molecule is CC(=O)N[C@H]1CCCCC/C=C\[C@@H]2C[C@@]2(C(=O)NS(=O)(=O)C2CC2)NC(=O)[C@@H]2C[C@@H](Oc3cc(-c4nccs4)nc4c3oc3ccccc34)CN2C1=O. The van der Waals surface area contributed by atoms with Crippen LogP contribution in [0.3, 0.4) is 0 Å². The van der Waals surface area contributed by atoms with Gasteiger partial charge in [-0.3, -0.25) is 23.9 Å². The number of amides is 4. The molecule has 2 saturated carbocycles. The Morgan fingerprint density at radius 3 is 2.74 bits per heavy atom. The Bertz CT molecular complexity index is 2230. The van der Waals surface area contributed by atoms with E-state index in [0.29, 0.717) is 65.2 Å². The summed E-state index contributed by atoms with van der Waals surface area (Å²) >= 11 is 1.42. The summed E-state index contributed by atoms with van der Waals surface area (Å²) in [6, 6.07) is 7.27. The molecular weight excluding hydrogens is 721 g/mol. The number of aromatic nitrogens is 2. The molecule has 53 heavy (non-hydrogen) atoms. The van der Waals surface area contributed by atoms with Gasteiger partial charge in [0.2, 0.25) is 27.7 Å². The molecule has 4 aliphatic rings. The summed E-state index contributed by atoms with van der Waals surface area (Å²) in [5.74, 6) is -2.25. The van der Waals surface area contributed by atoms with Gasteiger partial charge in [0.05, 0.1) is 11.8 Å². The zero-order valence-electron chi connectivity index (χ0n) is 29.1. The summed E-state index contributed by atoms with van der Waals surface area (Å²) in [6.45, 7) is 1.35. The number of sulfonamides is 1. The fourth-order valence-electron chi connectivity index (χ4n) is 7.47. The standard InChI is InChI=1S/C37H40N6O8S2/c1-21(44)39-26-11-6-4-2-3-5-9-22-19-37(22,36(47)42-53(48,49)24-13-14-24)41-33(45)28-17-23(20-43(28)35(26)46)50-30-18-27(34-38-15-16-52-34)40-31-25-10-7-8-12-29(25)51-32(30)31/h5,7-10,12,15-16,18,22-24,26,28H,2-4,6,11,13-14,17,19-20H2,1H3,(H,39,44)(H,41,45)(H,42,47)/b9-5-/t22-,23-,26+,28+,37-/m1/s1. The average molecular weight is 761 g/mol. The molecule has 14 nitrogen and oxygen atoms in total. The molecule has 1 saturated heterocycles. The minimum absolute atomic E-state index is 0.00220. The number of fused-ring (bicyclic) bond motifs is 5. The number of para-hydroxylation sites is 1. The van der Waals surface area contributed by atoms with Crippen molar-refractivity contribution < 1.29 is 36.7 Å². The van der Waals surface area contributed by atoms with Crippen LogP contribution in [-0.4, -0.2) is 82.4 Å². The molecule has 5 atom stereocenters. The van der Waals surface area contributed by atoms with E-state index in [9.17, 15) is 27.6 Å². The minimum atomic E-state index is -3.88. The number of thiazole rings is 1. The maximum absolute atomic E-state index is 14.4. The summed E-state index contributed by atoms with van der Waals surface area (Å²) in [4.78, 5) is 65.4. The molecule has 278 valence electrons. The number of carbonyl (C=O) groups excluding carboxylic acids is 4. The second-order valence-corrected chi connectivity index (χ2v) is 17.2. The molecule has 0 radical (unpaired) electrons. The van der Waals surface area contributed by atoms with Crippen molar-refractivity contribution in [1.82, 2.24) is 30.2 Å². The van der Waals surface area contributed by atoms with E-state index in [1.54, 1.807) is 12.3 Å². The lowest BCUT2D eigenvalue weighted by Gasteiger charge is -2.29. The van der Waals surface area contributed by atoms with Crippen molar-refractivity contribution in [2.24, 2.45) is 5.92 Å². The highest BCUT2D eigenvalue weighted by molar-refractivity contribution is 7.91. The Morgan fingerprint density at radius 1 is 1.13 bits per heavy atom. The molecule has 16 heteroatoms. The monoisotopic (exact) mass is 760 g/mol. The van der Waals surface area contributed by atoms with Gasteiger partial charge >= 0.3 is 0 Å². The van der Waals surface area contributed by atoms with Crippen LogP contribution in [0, 0.1) is 5.92 Å². The maximum atomic E-state index is 14.4. The van der Waals surface area contributed by atoms with Gasteiger partial charge in [0.25, 0.3) is 5.91 Å². The van der Waals surface area contributed by atoms with Gasteiger partial charge in [0.15, 0.2) is 11.3 Å². The number of hydrogen-bond donors (Lipinski definition) is 3. The van der Waals surface area contributed by atoms with Crippen molar-refractivity contribution in [1.29, 1.82) is 0 Å². The van der Waals surface area contributed by atoms with Crippen LogP contribution < -0.4 is 20.1 Å². The molecular formula is C37H40N6O8S2. The Hall–Kier alpha value is -4.83. The van der Waals surface area contributed by atoms with Gasteiger partial charge < -0.3 is 24.7 Å². The molecule has 0 spiro atoms. The Morgan fingerprint density at radius 2 is 1.96 bits per heavy atom. The third-order valence-corrected chi connectivity index (χ3v) is 13.1. The second-order valence-electron chi connectivity index (χ2n) is 14.4. The van der Waals surface area contributed by atoms with E-state index in [0.717, 1.165) is 18.2 Å². The number of nitrogens with zero attached hydrogens (tertiary/aromatic N) is 3. The molecule has 4 amide bonds. The number of pyridine rings is 1. The van der Waals surface area contributed by atoms with E-state index in [1.807, 2.05) is 41.8 Å². The molecule has 5 heterocycles. The van der Waals surface area contributed by atoms with Crippen molar-refractivity contribution in [3.05, 3.63) is 54.1 Å². The molecule has 1 aromatic carbocycles. The van der Waals surface area contributed by atoms with Crippen molar-refractivity contribution in [2.75, 3.05) is 6.54 Å². The second kappa shape index (κ2) is 13.9. The third kappa shape index (κ3) is 7.01. The molecule has 3 aromatic heterocycles. The summed E-state index contributed by atoms with van der Waals surface area (Å²) in [7, 11) is -3.88. The predicted octanol–water partition coefficient (Wildman–Crippen LogP) is 3.96. The molecule has 3 fully saturated rings. The minimum Gasteiger partial charge on any atom is -0.484 e. The lowest BCUT2D eigenvalue weighted by Crippen LogP contribution is -2.58. The van der Waals surface area contributed by atoms with Crippen LogP contribution in [0.1, 0.15) is 64.7 Å². The van der Waals surface area contributed by atoms with Crippen molar-refractivity contribution in [2.45, 2.75) is 93.7 Å². The topological polar surface area (TPSA) is 190 Å². The Balaban J connectivity index is 1.14. The molecule has 2 aliphatic carbocycles. The van der Waals surface area contributed by atoms with E-state index < -0.39 is 62.6 Å². The van der Waals surface area contributed by atoms with Crippen LogP contribution in [0.5, 0.6) is 5.75 Å². The van der Waals surface area contributed by atoms with Crippen LogP contribution in [0.4, 0.5) is 0 Å². The fourth-order valence-corrected chi connectivity index (χ4v) is 9.43. The quantitative estimate of drug-likeness (QED) is 0.233. The van der Waals surface area contributed by atoms with E-state index in [2.05, 4.69) is 20.3 Å². The summed E-state index contributed by atoms with van der Waals surface area (Å²) in [5, 5.41) is 8.36. The van der Waals surface area contributed by atoms with Crippen molar-refractivity contribution in [3.8, 4) is 16.5 Å². The van der Waals surface area contributed by atoms with Crippen LogP contribution >= 0.6 is 11.3 Å². The largest absolute Gasteiger partial charge is 0.484 e. The number of allylic oxidation sites excluding steroid dienone is 1. The fraction of sp³-hybridized carbons (Fsp3) is 0.459. The number of furan rings is 1. The number of carbonyl (C=O) groups is 4. The van der Waals surface area contributed by atoms with Gasteiger partial charge in [-0.2, -0.15) is 0 Å². The van der Waals surface area contributed by atoms with Crippen LogP contribution in [0.25, 0.3) is 32.8 Å². The number of benzene rings is 1. The molecule has 2 aliphatic heterocycles.